The maximum atomic E-state index is 12.8. The minimum Gasteiger partial charge on any atom is -0.495 e. The number of rotatable bonds is 5. The van der Waals surface area contributed by atoms with Gasteiger partial charge in [0.05, 0.1) is 43.8 Å². The van der Waals surface area contributed by atoms with Crippen LogP contribution in [0.4, 0.5) is 5.69 Å². The maximum Gasteiger partial charge on any atom is 0.276 e. The molecule has 0 spiro atoms. The fraction of sp³-hybridized carbons (Fsp3) is 0.238. The van der Waals surface area contributed by atoms with Crippen LogP contribution < -0.4 is 14.8 Å². The van der Waals surface area contributed by atoms with Gasteiger partial charge in [-0.05, 0) is 23.8 Å². The van der Waals surface area contributed by atoms with E-state index in [1.807, 2.05) is 24.3 Å². The van der Waals surface area contributed by atoms with Gasteiger partial charge in [0.1, 0.15) is 17.6 Å². The SMILES string of the molecule is COc1cc(NC(=O)c2cc3n(n2)CC(c2ccc(Cl)cc2)OC3)c(OC)cc1Cl. The Balaban J connectivity index is 1.53. The molecular weight excluding hydrogens is 429 g/mol. The van der Waals surface area contributed by atoms with Gasteiger partial charge in [0.2, 0.25) is 0 Å². The Hall–Kier alpha value is -2.74. The third kappa shape index (κ3) is 4.09. The van der Waals surface area contributed by atoms with Gasteiger partial charge >= 0.3 is 0 Å². The molecule has 1 N–H and O–H groups in total. The first-order chi connectivity index (χ1) is 14.5. The molecule has 0 saturated heterocycles. The minimum absolute atomic E-state index is 0.161. The van der Waals surface area contributed by atoms with Crippen molar-refractivity contribution < 1.29 is 19.0 Å². The normalized spacial score (nSPS) is 15.4. The number of nitrogens with one attached hydrogen (secondary N) is 1. The maximum absolute atomic E-state index is 12.8. The molecule has 2 heterocycles. The molecule has 1 aliphatic heterocycles. The first kappa shape index (κ1) is 20.5. The van der Waals surface area contributed by atoms with Gasteiger partial charge in [-0.3, -0.25) is 9.48 Å². The summed E-state index contributed by atoms with van der Waals surface area (Å²) in [6.45, 7) is 0.855. The molecule has 9 heteroatoms. The van der Waals surface area contributed by atoms with E-state index in [2.05, 4.69) is 10.4 Å². The summed E-state index contributed by atoms with van der Waals surface area (Å²) in [6, 6.07) is 12.4. The third-order valence-electron chi connectivity index (χ3n) is 4.83. The number of hydrogen-bond acceptors (Lipinski definition) is 5. The molecule has 1 amide bonds. The van der Waals surface area contributed by atoms with Crippen LogP contribution in [0.2, 0.25) is 10.0 Å². The van der Waals surface area contributed by atoms with Crippen LogP contribution in [0.15, 0.2) is 42.5 Å². The molecule has 1 aliphatic rings. The number of aromatic nitrogens is 2. The Morgan fingerprint density at radius 3 is 2.57 bits per heavy atom. The zero-order valence-electron chi connectivity index (χ0n) is 16.3. The number of halogens is 2. The lowest BCUT2D eigenvalue weighted by molar-refractivity contribution is -0.00118. The van der Waals surface area contributed by atoms with Crippen LogP contribution in [0.25, 0.3) is 0 Å². The van der Waals surface area contributed by atoms with Gasteiger partial charge in [-0.1, -0.05) is 35.3 Å². The minimum atomic E-state index is -0.373. The first-order valence-corrected chi connectivity index (χ1v) is 9.90. The summed E-state index contributed by atoms with van der Waals surface area (Å²) in [5.74, 6) is 0.475. The molecule has 0 aliphatic carbocycles. The van der Waals surface area contributed by atoms with E-state index >= 15 is 0 Å². The molecule has 4 rings (SSSR count). The van der Waals surface area contributed by atoms with Crippen molar-refractivity contribution in [3.63, 3.8) is 0 Å². The molecule has 1 unspecified atom stereocenters. The second-order valence-electron chi connectivity index (χ2n) is 6.70. The number of carbonyl (C=O) groups excluding carboxylic acids is 1. The molecule has 0 fully saturated rings. The van der Waals surface area contributed by atoms with Crippen LogP contribution in [0, 0.1) is 0 Å². The summed E-state index contributed by atoms with van der Waals surface area (Å²) in [5, 5.41) is 8.31. The largest absolute Gasteiger partial charge is 0.495 e. The zero-order chi connectivity index (χ0) is 21.3. The standard InChI is InChI=1S/C21H19Cl2N3O4/c1-28-18-9-16(19(29-2)8-15(18)23)24-21(27)17-7-14-11-30-20(10-26(14)25-17)12-3-5-13(22)6-4-12/h3-9,20H,10-11H2,1-2H3,(H,24,27). The van der Waals surface area contributed by atoms with E-state index in [9.17, 15) is 4.79 Å². The highest BCUT2D eigenvalue weighted by Crippen LogP contribution is 2.36. The Morgan fingerprint density at radius 2 is 1.87 bits per heavy atom. The Kier molecular flexibility index (Phi) is 5.85. The third-order valence-corrected chi connectivity index (χ3v) is 5.38. The van der Waals surface area contributed by atoms with Crippen LogP contribution in [-0.4, -0.2) is 29.9 Å². The van der Waals surface area contributed by atoms with E-state index in [1.165, 1.54) is 14.2 Å². The number of benzene rings is 2. The monoisotopic (exact) mass is 447 g/mol. The Bertz CT molecular complexity index is 1080. The lowest BCUT2D eigenvalue weighted by Crippen LogP contribution is -2.22. The lowest BCUT2D eigenvalue weighted by Gasteiger charge is -2.24. The second-order valence-corrected chi connectivity index (χ2v) is 7.54. The quantitative estimate of drug-likeness (QED) is 0.611. The van der Waals surface area contributed by atoms with Gasteiger partial charge in [-0.15, -0.1) is 0 Å². The molecule has 1 atom stereocenters. The number of amides is 1. The average molecular weight is 448 g/mol. The van der Waals surface area contributed by atoms with Crippen LogP contribution in [0.1, 0.15) is 27.8 Å². The molecule has 2 aromatic carbocycles. The topological polar surface area (TPSA) is 74.6 Å². The van der Waals surface area contributed by atoms with Gasteiger partial charge < -0.3 is 19.5 Å². The van der Waals surface area contributed by atoms with Crippen molar-refractivity contribution in [1.82, 2.24) is 9.78 Å². The summed E-state index contributed by atoms with van der Waals surface area (Å²) in [5.41, 5.74) is 2.54. The zero-order valence-corrected chi connectivity index (χ0v) is 17.8. The summed E-state index contributed by atoms with van der Waals surface area (Å²) in [6.07, 6.45) is -0.161. The molecule has 30 heavy (non-hydrogen) atoms. The van der Waals surface area contributed by atoms with Crippen LogP contribution in [0.3, 0.4) is 0 Å². The van der Waals surface area contributed by atoms with Gasteiger partial charge in [0.25, 0.3) is 5.91 Å². The fourth-order valence-electron chi connectivity index (χ4n) is 3.26. The molecule has 1 aromatic heterocycles. The molecule has 3 aromatic rings. The molecule has 156 valence electrons. The first-order valence-electron chi connectivity index (χ1n) is 9.15. The summed E-state index contributed by atoms with van der Waals surface area (Å²) >= 11 is 12.1. The van der Waals surface area contributed by atoms with E-state index in [1.54, 1.807) is 22.9 Å². The number of ether oxygens (including phenoxy) is 3. The van der Waals surface area contributed by atoms with Gasteiger partial charge in [-0.2, -0.15) is 5.10 Å². The van der Waals surface area contributed by atoms with Gasteiger partial charge in [0, 0.05) is 17.2 Å². The van der Waals surface area contributed by atoms with Gasteiger partial charge in [0.15, 0.2) is 5.69 Å². The predicted molar refractivity (Wildman–Crippen MR) is 114 cm³/mol. The van der Waals surface area contributed by atoms with Gasteiger partial charge in [-0.25, -0.2) is 0 Å². The van der Waals surface area contributed by atoms with E-state index < -0.39 is 0 Å². The number of methoxy groups -OCH3 is 2. The van der Waals surface area contributed by atoms with Crippen LogP contribution in [-0.2, 0) is 17.9 Å². The molecule has 7 nitrogen and oxygen atoms in total. The Labute approximate surface area is 183 Å². The number of fused-ring (bicyclic) bond motifs is 1. The average Bonchev–Trinajstić information content (AvgIpc) is 3.18. The highest BCUT2D eigenvalue weighted by Gasteiger charge is 2.24. The number of nitrogens with zero attached hydrogens (tertiary/aromatic N) is 2. The van der Waals surface area contributed by atoms with E-state index in [4.69, 9.17) is 37.4 Å². The second kappa shape index (κ2) is 8.55. The van der Waals surface area contributed by atoms with E-state index in [0.717, 1.165) is 11.3 Å². The number of hydrogen-bond donors (Lipinski definition) is 1. The van der Waals surface area contributed by atoms with Crippen LogP contribution in [0.5, 0.6) is 11.5 Å². The number of anilines is 1. The van der Waals surface area contributed by atoms with Crippen molar-refractivity contribution in [2.24, 2.45) is 0 Å². The van der Waals surface area contributed by atoms with E-state index in [-0.39, 0.29) is 17.7 Å². The van der Waals surface area contributed by atoms with Crippen molar-refractivity contribution >= 4 is 34.8 Å². The van der Waals surface area contributed by atoms with Crippen LogP contribution >= 0.6 is 23.2 Å². The fourth-order valence-corrected chi connectivity index (χ4v) is 3.62. The lowest BCUT2D eigenvalue weighted by atomic mass is 10.1. The smallest absolute Gasteiger partial charge is 0.276 e. The molecule has 0 saturated carbocycles. The number of carbonyl (C=O) groups is 1. The predicted octanol–water partition coefficient (Wildman–Crippen LogP) is 4.73. The molecule has 0 radical (unpaired) electrons. The Morgan fingerprint density at radius 1 is 1.13 bits per heavy atom. The van der Waals surface area contributed by atoms with Crippen molar-refractivity contribution in [3.05, 3.63) is 69.5 Å². The van der Waals surface area contributed by atoms with Crippen molar-refractivity contribution in [3.8, 4) is 11.5 Å². The van der Waals surface area contributed by atoms with Crippen molar-refractivity contribution in [2.45, 2.75) is 19.3 Å². The summed E-state index contributed by atoms with van der Waals surface area (Å²) < 4.78 is 18.2. The van der Waals surface area contributed by atoms with Crippen molar-refractivity contribution in [1.29, 1.82) is 0 Å². The highest BCUT2D eigenvalue weighted by molar-refractivity contribution is 6.32. The highest BCUT2D eigenvalue weighted by atomic mass is 35.5. The van der Waals surface area contributed by atoms with E-state index in [0.29, 0.717) is 40.4 Å². The molecule has 0 bridgehead atoms. The molecular formula is C21H19Cl2N3O4. The summed E-state index contributed by atoms with van der Waals surface area (Å²) in [4.78, 5) is 12.8. The van der Waals surface area contributed by atoms with Crippen molar-refractivity contribution in [2.75, 3.05) is 19.5 Å². The summed E-state index contributed by atoms with van der Waals surface area (Å²) in [7, 11) is 3.00.